The number of benzene rings is 19. The molecular formula is C98H66. The SMILES string of the molecule is c1ccc2cc3c(cc2c1)-c1cc2ccccc2cc1-c1cc2ccccc2cc1-c1cc2ccccc2cc1-3.c1ccc2cc3c(cc2c1)-c1cc2ccccc2cc1-c1cc2ccccc2cc1-c1cc2ccccc2cc1-3.c1ccccc1.c1ccccc1.c1ccccc1. The molecule has 0 aromatic heterocycles. The average molecular weight is 1240 g/mol. The lowest BCUT2D eigenvalue weighted by Gasteiger charge is -2.25. The van der Waals surface area contributed by atoms with Gasteiger partial charge in [0.15, 0.2) is 0 Å². The smallest absolute Gasteiger partial charge is 0.00923 e. The molecule has 2 aliphatic rings. The molecule has 0 amide bonds. The van der Waals surface area contributed by atoms with E-state index in [0.29, 0.717) is 0 Å². The van der Waals surface area contributed by atoms with Crippen LogP contribution in [0.4, 0.5) is 0 Å². The summed E-state index contributed by atoms with van der Waals surface area (Å²) in [5, 5.41) is 20.3. The van der Waals surface area contributed by atoms with Gasteiger partial charge in [-0.2, -0.15) is 0 Å². The minimum Gasteiger partial charge on any atom is -0.0623 e. The summed E-state index contributed by atoms with van der Waals surface area (Å²) in [6.45, 7) is 0. The van der Waals surface area contributed by atoms with Gasteiger partial charge in [0, 0.05) is 0 Å². The molecule has 19 aromatic carbocycles. The molecule has 458 valence electrons. The number of fused-ring (bicyclic) bond motifs is 24. The van der Waals surface area contributed by atoms with E-state index >= 15 is 0 Å². The van der Waals surface area contributed by atoms with Crippen LogP contribution < -0.4 is 0 Å². The van der Waals surface area contributed by atoms with E-state index in [-0.39, 0.29) is 0 Å². The van der Waals surface area contributed by atoms with Crippen molar-refractivity contribution in [1.82, 2.24) is 0 Å². The van der Waals surface area contributed by atoms with Gasteiger partial charge in [-0.15, -0.1) is 0 Å². The van der Waals surface area contributed by atoms with Crippen LogP contribution in [-0.4, -0.2) is 0 Å². The third-order valence-electron chi connectivity index (χ3n) is 19.4. The molecule has 0 heterocycles. The molecule has 0 saturated heterocycles. The second-order valence-electron chi connectivity index (χ2n) is 25.4. The normalized spacial score (nSPS) is 11.3. The second-order valence-corrected chi connectivity index (χ2v) is 25.4. The van der Waals surface area contributed by atoms with Crippen LogP contribution in [0.15, 0.2) is 400 Å². The Bertz CT molecular complexity index is 4630. The zero-order chi connectivity index (χ0) is 65.1. The van der Waals surface area contributed by atoms with E-state index in [4.69, 9.17) is 0 Å². The maximum atomic E-state index is 2.41. The fourth-order valence-corrected chi connectivity index (χ4v) is 14.6. The molecular weight excluding hydrogens is 1180 g/mol. The van der Waals surface area contributed by atoms with E-state index in [1.54, 1.807) is 0 Å². The molecule has 0 nitrogen and oxygen atoms in total. The molecule has 2 aliphatic carbocycles. The Labute approximate surface area is 571 Å². The van der Waals surface area contributed by atoms with Gasteiger partial charge in [-0.3, -0.25) is 0 Å². The van der Waals surface area contributed by atoms with Crippen molar-refractivity contribution in [2.24, 2.45) is 0 Å². The second kappa shape index (κ2) is 26.2. The van der Waals surface area contributed by atoms with Crippen molar-refractivity contribution in [3.05, 3.63) is 400 Å². The fraction of sp³-hybridized carbons (Fsp3) is 0. The number of hydrogen-bond donors (Lipinski definition) is 0. The lowest BCUT2D eigenvalue weighted by Crippen LogP contribution is -1.98. The lowest BCUT2D eigenvalue weighted by atomic mass is 9.78. The van der Waals surface area contributed by atoms with Crippen LogP contribution in [0, 0.1) is 0 Å². The van der Waals surface area contributed by atoms with Gasteiger partial charge in [0.05, 0.1) is 0 Å². The third-order valence-corrected chi connectivity index (χ3v) is 19.4. The highest BCUT2D eigenvalue weighted by Crippen LogP contribution is 2.54. The molecule has 21 rings (SSSR count). The quantitative estimate of drug-likeness (QED) is 0.142. The topological polar surface area (TPSA) is 0 Å². The minimum absolute atomic E-state index is 1.27. The Morgan fingerprint density at radius 2 is 0.133 bits per heavy atom. The van der Waals surface area contributed by atoms with E-state index < -0.39 is 0 Å². The molecule has 0 spiro atoms. The van der Waals surface area contributed by atoms with Crippen LogP contribution in [-0.2, 0) is 0 Å². The average Bonchev–Trinajstić information content (AvgIpc) is 0.735. The maximum absolute atomic E-state index is 2.41. The molecule has 0 radical (unpaired) electrons. The first-order chi connectivity index (χ1) is 48.6. The van der Waals surface area contributed by atoms with Gasteiger partial charge >= 0.3 is 0 Å². The molecule has 19 aromatic rings. The van der Waals surface area contributed by atoms with Gasteiger partial charge in [0.25, 0.3) is 0 Å². The summed E-state index contributed by atoms with van der Waals surface area (Å²) in [5.41, 5.74) is 20.6. The Morgan fingerprint density at radius 3 is 0.194 bits per heavy atom. The number of hydrogen-bond acceptors (Lipinski definition) is 0. The van der Waals surface area contributed by atoms with Crippen molar-refractivity contribution in [2.45, 2.75) is 0 Å². The molecule has 0 saturated carbocycles. The van der Waals surface area contributed by atoms with Gasteiger partial charge in [0.2, 0.25) is 0 Å². The van der Waals surface area contributed by atoms with Crippen molar-refractivity contribution in [3.63, 3.8) is 0 Å². The van der Waals surface area contributed by atoms with Crippen molar-refractivity contribution < 1.29 is 0 Å². The monoisotopic (exact) mass is 1240 g/mol. The molecule has 0 bridgehead atoms. The van der Waals surface area contributed by atoms with Crippen molar-refractivity contribution in [1.29, 1.82) is 0 Å². The maximum Gasteiger partial charge on any atom is -0.00923 e. The van der Waals surface area contributed by atoms with Crippen LogP contribution in [0.5, 0.6) is 0 Å². The molecule has 0 aliphatic heterocycles. The van der Waals surface area contributed by atoms with Crippen LogP contribution in [0.1, 0.15) is 0 Å². The first-order valence-corrected chi connectivity index (χ1v) is 33.9. The highest BCUT2D eigenvalue weighted by atomic mass is 14.3. The van der Waals surface area contributed by atoms with Crippen LogP contribution in [0.25, 0.3) is 175 Å². The fourth-order valence-electron chi connectivity index (χ4n) is 14.6. The third kappa shape index (κ3) is 11.5. The summed E-state index contributed by atoms with van der Waals surface area (Å²) < 4.78 is 0. The van der Waals surface area contributed by atoms with Gasteiger partial charge in [-0.1, -0.05) is 303 Å². The minimum atomic E-state index is 1.27. The molecule has 0 unspecified atom stereocenters. The Hall–Kier alpha value is -12.7. The Balaban J connectivity index is 0.000000117. The van der Waals surface area contributed by atoms with E-state index in [2.05, 4.69) is 291 Å². The number of rotatable bonds is 0. The van der Waals surface area contributed by atoms with E-state index in [1.165, 1.54) is 175 Å². The van der Waals surface area contributed by atoms with Crippen molar-refractivity contribution >= 4 is 86.2 Å². The summed E-state index contributed by atoms with van der Waals surface area (Å²) in [4.78, 5) is 0. The molecule has 0 heteroatoms. The van der Waals surface area contributed by atoms with E-state index in [0.717, 1.165) is 0 Å². The first-order valence-electron chi connectivity index (χ1n) is 33.9. The summed E-state index contributed by atoms with van der Waals surface area (Å²) in [7, 11) is 0. The van der Waals surface area contributed by atoms with Crippen LogP contribution >= 0.6 is 0 Å². The zero-order valence-electron chi connectivity index (χ0n) is 54.1. The van der Waals surface area contributed by atoms with Gasteiger partial charge in [0.1, 0.15) is 0 Å². The molecule has 0 fully saturated rings. The first kappa shape index (κ1) is 59.0. The van der Waals surface area contributed by atoms with E-state index in [1.807, 2.05) is 109 Å². The highest BCUT2D eigenvalue weighted by molar-refractivity contribution is 6.16. The van der Waals surface area contributed by atoms with Gasteiger partial charge in [-0.25, -0.2) is 0 Å². The predicted octanol–water partition coefficient (Wildman–Crippen LogP) is 27.6. The van der Waals surface area contributed by atoms with E-state index in [9.17, 15) is 0 Å². The molecule has 0 N–H and O–H groups in total. The largest absolute Gasteiger partial charge is 0.0623 e. The summed E-state index contributed by atoms with van der Waals surface area (Å²) >= 11 is 0. The van der Waals surface area contributed by atoms with Crippen LogP contribution in [0.2, 0.25) is 0 Å². The highest BCUT2D eigenvalue weighted by Gasteiger charge is 2.27. The molecule has 0 atom stereocenters. The van der Waals surface area contributed by atoms with Gasteiger partial charge in [-0.05, 0) is 272 Å². The Kier molecular flexibility index (Phi) is 15.8. The summed E-state index contributed by atoms with van der Waals surface area (Å²) in [6, 6.07) is 144. The summed E-state index contributed by atoms with van der Waals surface area (Å²) in [6.07, 6.45) is 0. The summed E-state index contributed by atoms with van der Waals surface area (Å²) in [5.74, 6) is 0. The van der Waals surface area contributed by atoms with Crippen LogP contribution in [0.3, 0.4) is 0 Å². The van der Waals surface area contributed by atoms with Gasteiger partial charge < -0.3 is 0 Å². The lowest BCUT2D eigenvalue weighted by molar-refractivity contribution is 1.57. The zero-order valence-corrected chi connectivity index (χ0v) is 54.1. The van der Waals surface area contributed by atoms with Crippen molar-refractivity contribution in [3.8, 4) is 89.0 Å². The predicted molar refractivity (Wildman–Crippen MR) is 423 cm³/mol. The molecule has 98 heavy (non-hydrogen) atoms. The standard InChI is InChI=1S/2C40H24.3C6H6/c2*1-2-10-26-18-34-33(17-25(26)9-1)35-19-27-11-3-4-13-29(27)21-37(35)39-23-31-15-7-8-16-32(31)24-40(39)38-22-30-14-6-5-12-28(30)20-36(34)38;3*1-2-4-6-5-3-1/h2*1-24H;3*1-6H. The van der Waals surface area contributed by atoms with Crippen molar-refractivity contribution in [2.75, 3.05) is 0 Å². The Morgan fingerprint density at radius 1 is 0.0714 bits per heavy atom.